The van der Waals surface area contributed by atoms with E-state index in [0.717, 1.165) is 18.4 Å². The average Bonchev–Trinajstić information content (AvgIpc) is 3.37. The van der Waals surface area contributed by atoms with Crippen molar-refractivity contribution < 1.29 is 23.9 Å². The second-order valence-corrected chi connectivity index (χ2v) is 7.99. The quantitative estimate of drug-likeness (QED) is 0.689. The van der Waals surface area contributed by atoms with Gasteiger partial charge in [-0.2, -0.15) is 0 Å². The summed E-state index contributed by atoms with van der Waals surface area (Å²) >= 11 is 0. The normalized spacial score (nSPS) is 21.0. The molecule has 2 aromatic rings. The van der Waals surface area contributed by atoms with Crippen LogP contribution in [0.25, 0.3) is 0 Å². The van der Waals surface area contributed by atoms with Crippen LogP contribution >= 0.6 is 0 Å². The van der Waals surface area contributed by atoms with E-state index < -0.39 is 0 Å². The van der Waals surface area contributed by atoms with Crippen molar-refractivity contribution >= 4 is 23.4 Å². The van der Waals surface area contributed by atoms with Gasteiger partial charge in [0.1, 0.15) is 11.5 Å². The highest BCUT2D eigenvalue weighted by atomic mass is 16.5. The largest absolute Gasteiger partial charge is 0.497 e. The number of methoxy groups -OCH3 is 2. The fourth-order valence-corrected chi connectivity index (χ4v) is 4.43. The molecule has 0 radical (unpaired) electrons. The summed E-state index contributed by atoms with van der Waals surface area (Å²) in [5, 5.41) is 0. The lowest BCUT2D eigenvalue weighted by molar-refractivity contribution is -0.122. The lowest BCUT2D eigenvalue weighted by atomic mass is 10.0. The molecule has 2 fully saturated rings. The van der Waals surface area contributed by atoms with Crippen molar-refractivity contribution in [3.63, 3.8) is 0 Å². The zero-order valence-electron chi connectivity index (χ0n) is 18.0. The van der Waals surface area contributed by atoms with Gasteiger partial charge < -0.3 is 14.4 Å². The van der Waals surface area contributed by atoms with E-state index in [1.807, 2.05) is 23.1 Å². The van der Waals surface area contributed by atoms with E-state index >= 15 is 0 Å². The van der Waals surface area contributed by atoms with Crippen LogP contribution in [0.2, 0.25) is 0 Å². The van der Waals surface area contributed by atoms with Crippen molar-refractivity contribution in [2.24, 2.45) is 5.92 Å². The van der Waals surface area contributed by atoms with E-state index in [1.54, 1.807) is 45.4 Å². The molecule has 0 aromatic heterocycles. The summed E-state index contributed by atoms with van der Waals surface area (Å²) < 4.78 is 10.9. The zero-order chi connectivity index (χ0) is 22.1. The lowest BCUT2D eigenvalue weighted by Crippen LogP contribution is -2.32. The minimum Gasteiger partial charge on any atom is -0.497 e. The SMILES string of the molecule is COc1ccc(OC)c(C2CCCN2C(=O)c2cccc(N3C(=O)CC(C)C3=O)c2)c1. The van der Waals surface area contributed by atoms with Crippen LogP contribution < -0.4 is 14.4 Å². The first-order chi connectivity index (χ1) is 14.9. The van der Waals surface area contributed by atoms with E-state index in [-0.39, 0.29) is 36.1 Å². The molecule has 31 heavy (non-hydrogen) atoms. The van der Waals surface area contributed by atoms with E-state index in [9.17, 15) is 14.4 Å². The highest BCUT2D eigenvalue weighted by Gasteiger charge is 2.37. The number of nitrogens with zero attached hydrogens (tertiary/aromatic N) is 2. The van der Waals surface area contributed by atoms with Crippen LogP contribution in [0, 0.1) is 5.92 Å². The van der Waals surface area contributed by atoms with Gasteiger partial charge in [0.05, 0.1) is 25.9 Å². The average molecular weight is 422 g/mol. The Bertz CT molecular complexity index is 1030. The van der Waals surface area contributed by atoms with Crippen LogP contribution in [0.5, 0.6) is 11.5 Å². The van der Waals surface area contributed by atoms with Crippen LogP contribution in [0.1, 0.15) is 48.1 Å². The number of hydrogen-bond acceptors (Lipinski definition) is 5. The standard InChI is InChI=1S/C24H26N2O5/c1-15-12-22(27)26(23(15)28)17-7-4-6-16(13-17)24(29)25-11-5-8-20(25)19-14-18(30-2)9-10-21(19)31-3/h4,6-7,9-10,13-15,20H,5,8,11-12H2,1-3H3. The molecular formula is C24H26N2O5. The van der Waals surface area contributed by atoms with Gasteiger partial charge in [-0.1, -0.05) is 13.0 Å². The summed E-state index contributed by atoms with van der Waals surface area (Å²) in [4.78, 5) is 41.1. The van der Waals surface area contributed by atoms with Crippen LogP contribution in [-0.4, -0.2) is 43.4 Å². The number of amides is 3. The summed E-state index contributed by atoms with van der Waals surface area (Å²) in [6.45, 7) is 2.36. The Labute approximate surface area is 181 Å². The Balaban J connectivity index is 1.64. The van der Waals surface area contributed by atoms with Gasteiger partial charge in [-0.05, 0) is 49.2 Å². The van der Waals surface area contributed by atoms with Crippen molar-refractivity contribution in [1.82, 2.24) is 4.90 Å². The van der Waals surface area contributed by atoms with E-state index in [4.69, 9.17) is 9.47 Å². The summed E-state index contributed by atoms with van der Waals surface area (Å²) in [5.41, 5.74) is 1.80. The zero-order valence-corrected chi connectivity index (χ0v) is 18.0. The molecule has 0 aliphatic carbocycles. The van der Waals surface area contributed by atoms with Gasteiger partial charge in [0, 0.05) is 30.0 Å². The number of benzene rings is 2. The first-order valence-electron chi connectivity index (χ1n) is 10.4. The predicted molar refractivity (Wildman–Crippen MR) is 115 cm³/mol. The molecule has 7 nitrogen and oxygen atoms in total. The molecule has 2 heterocycles. The van der Waals surface area contributed by atoms with Crippen LogP contribution in [0.4, 0.5) is 5.69 Å². The molecule has 3 amide bonds. The van der Waals surface area contributed by atoms with Crippen LogP contribution in [0.15, 0.2) is 42.5 Å². The maximum Gasteiger partial charge on any atom is 0.254 e. The smallest absolute Gasteiger partial charge is 0.254 e. The molecule has 162 valence electrons. The van der Waals surface area contributed by atoms with Gasteiger partial charge in [0.2, 0.25) is 11.8 Å². The molecule has 2 aliphatic rings. The molecule has 2 unspecified atom stereocenters. The molecule has 2 aliphatic heterocycles. The molecule has 0 spiro atoms. The highest BCUT2D eigenvalue weighted by Crippen LogP contribution is 2.40. The van der Waals surface area contributed by atoms with Gasteiger partial charge in [0.25, 0.3) is 5.91 Å². The number of carbonyl (C=O) groups excluding carboxylic acids is 3. The number of ether oxygens (including phenoxy) is 2. The Kier molecular flexibility index (Phi) is 5.67. The minimum absolute atomic E-state index is 0.138. The topological polar surface area (TPSA) is 76.2 Å². The predicted octanol–water partition coefficient (Wildman–Crippen LogP) is 3.58. The molecule has 2 saturated heterocycles. The molecule has 2 aromatic carbocycles. The first kappa shape index (κ1) is 20.9. The van der Waals surface area contributed by atoms with Gasteiger partial charge in [0.15, 0.2) is 0 Å². The third-order valence-electron chi connectivity index (χ3n) is 6.03. The van der Waals surface area contributed by atoms with Crippen molar-refractivity contribution in [3.8, 4) is 11.5 Å². The molecule has 2 atom stereocenters. The second-order valence-electron chi connectivity index (χ2n) is 7.99. The Morgan fingerprint density at radius 2 is 1.87 bits per heavy atom. The summed E-state index contributed by atoms with van der Waals surface area (Å²) in [5.74, 6) is 0.479. The number of likely N-dealkylation sites (tertiary alicyclic amines) is 1. The maximum atomic E-state index is 13.4. The number of anilines is 1. The highest BCUT2D eigenvalue weighted by molar-refractivity contribution is 6.21. The monoisotopic (exact) mass is 422 g/mol. The Hall–Kier alpha value is -3.35. The molecule has 4 rings (SSSR count). The Morgan fingerprint density at radius 1 is 1.06 bits per heavy atom. The van der Waals surface area contributed by atoms with E-state index in [2.05, 4.69) is 0 Å². The van der Waals surface area contributed by atoms with Gasteiger partial charge in [-0.25, -0.2) is 0 Å². The van der Waals surface area contributed by atoms with Crippen molar-refractivity contribution in [3.05, 3.63) is 53.6 Å². The molecule has 0 N–H and O–H groups in total. The van der Waals surface area contributed by atoms with Crippen LogP contribution in [-0.2, 0) is 9.59 Å². The maximum absolute atomic E-state index is 13.4. The first-order valence-corrected chi connectivity index (χ1v) is 10.4. The molecule has 7 heteroatoms. The fraction of sp³-hybridized carbons (Fsp3) is 0.375. The Morgan fingerprint density at radius 3 is 2.55 bits per heavy atom. The number of hydrogen-bond donors (Lipinski definition) is 0. The minimum atomic E-state index is -0.338. The van der Waals surface area contributed by atoms with Crippen molar-refractivity contribution in [2.45, 2.75) is 32.2 Å². The lowest BCUT2D eigenvalue weighted by Gasteiger charge is -2.27. The third kappa shape index (κ3) is 3.76. The van der Waals surface area contributed by atoms with Gasteiger partial charge in [-0.3, -0.25) is 19.3 Å². The van der Waals surface area contributed by atoms with Crippen LogP contribution in [0.3, 0.4) is 0 Å². The van der Waals surface area contributed by atoms with Gasteiger partial charge in [-0.15, -0.1) is 0 Å². The number of rotatable bonds is 5. The third-order valence-corrected chi connectivity index (χ3v) is 6.03. The molecule has 0 saturated carbocycles. The summed E-state index contributed by atoms with van der Waals surface area (Å²) in [7, 11) is 3.22. The second kappa shape index (κ2) is 8.41. The number of carbonyl (C=O) groups is 3. The van der Waals surface area contributed by atoms with Crippen molar-refractivity contribution in [1.29, 1.82) is 0 Å². The summed E-state index contributed by atoms with van der Waals surface area (Å²) in [6.07, 6.45) is 1.88. The number of imide groups is 1. The molecular weight excluding hydrogens is 396 g/mol. The van der Waals surface area contributed by atoms with Gasteiger partial charge >= 0.3 is 0 Å². The van der Waals surface area contributed by atoms with E-state index in [1.165, 1.54) is 4.90 Å². The summed E-state index contributed by atoms with van der Waals surface area (Å²) in [6, 6.07) is 12.2. The fourth-order valence-electron chi connectivity index (χ4n) is 4.43. The van der Waals surface area contributed by atoms with Crippen molar-refractivity contribution in [2.75, 3.05) is 25.7 Å². The molecule has 0 bridgehead atoms. The van der Waals surface area contributed by atoms with E-state index in [0.29, 0.717) is 29.3 Å².